The van der Waals surface area contributed by atoms with Crippen molar-refractivity contribution < 1.29 is 4.74 Å². The van der Waals surface area contributed by atoms with Crippen molar-refractivity contribution in [1.29, 1.82) is 5.26 Å². The summed E-state index contributed by atoms with van der Waals surface area (Å²) in [5, 5.41) is 11.7. The van der Waals surface area contributed by atoms with Crippen LogP contribution in [0.25, 0.3) is 0 Å². The lowest BCUT2D eigenvalue weighted by Gasteiger charge is -2.19. The van der Waals surface area contributed by atoms with Gasteiger partial charge in [0.25, 0.3) is 0 Å². The van der Waals surface area contributed by atoms with Gasteiger partial charge in [-0.3, -0.25) is 5.32 Å². The number of nitriles is 1. The smallest absolute Gasteiger partial charge is 0.174 e. The van der Waals surface area contributed by atoms with Crippen LogP contribution in [-0.2, 0) is 6.54 Å². The van der Waals surface area contributed by atoms with Crippen LogP contribution in [0.2, 0.25) is 0 Å². The van der Waals surface area contributed by atoms with Gasteiger partial charge in [0.2, 0.25) is 0 Å². The zero-order chi connectivity index (χ0) is 12.7. The average Bonchev–Trinajstić information content (AvgIpc) is 2.35. The highest BCUT2D eigenvalue weighted by Gasteiger charge is 2.11. The summed E-state index contributed by atoms with van der Waals surface area (Å²) in [5.74, 6) is 3.37. The summed E-state index contributed by atoms with van der Waals surface area (Å²) in [6.45, 7) is 4.62. The maximum atomic E-state index is 8.43. The minimum atomic E-state index is -0.330. The molecule has 0 atom stereocenters. The van der Waals surface area contributed by atoms with Crippen LogP contribution in [0.3, 0.4) is 0 Å². The zero-order valence-corrected chi connectivity index (χ0v) is 10.2. The Hall–Kier alpha value is -1.97. The summed E-state index contributed by atoms with van der Waals surface area (Å²) in [7, 11) is 0. The molecule has 0 aliphatic heterocycles. The van der Waals surface area contributed by atoms with Crippen molar-refractivity contribution >= 4 is 0 Å². The highest BCUT2D eigenvalue weighted by Crippen LogP contribution is 2.13. The van der Waals surface area contributed by atoms with Gasteiger partial charge in [0.05, 0.1) is 5.54 Å². The number of benzene rings is 1. The quantitative estimate of drug-likeness (QED) is 0.785. The van der Waals surface area contributed by atoms with Crippen LogP contribution < -0.4 is 10.1 Å². The van der Waals surface area contributed by atoms with E-state index in [2.05, 4.69) is 11.2 Å². The first-order valence-electron chi connectivity index (χ1n) is 5.39. The molecule has 0 heterocycles. The number of nitrogens with zero attached hydrogens (tertiary/aromatic N) is 1. The Balaban J connectivity index is 2.61. The van der Waals surface area contributed by atoms with Gasteiger partial charge in [0, 0.05) is 6.54 Å². The van der Waals surface area contributed by atoms with Crippen LogP contribution in [0.4, 0.5) is 0 Å². The van der Waals surface area contributed by atoms with E-state index in [1.165, 1.54) is 0 Å². The standard InChI is InChI=1S/C14H16N2O/c1-4-14(2,3)16-11-12-6-5-7-13(10-12)17-9-8-15/h1,5-7,10,16H,9,11H2,2-3H3. The molecule has 0 fully saturated rings. The van der Waals surface area contributed by atoms with Gasteiger partial charge in [-0.05, 0) is 31.5 Å². The molecule has 0 spiro atoms. The molecule has 1 aromatic carbocycles. The van der Waals surface area contributed by atoms with E-state index in [1.54, 1.807) is 0 Å². The van der Waals surface area contributed by atoms with Gasteiger partial charge in [0.15, 0.2) is 6.61 Å². The van der Waals surface area contributed by atoms with Crippen molar-refractivity contribution in [3.05, 3.63) is 29.8 Å². The molecule has 0 bridgehead atoms. The minimum Gasteiger partial charge on any atom is -0.479 e. The molecule has 0 saturated carbocycles. The highest BCUT2D eigenvalue weighted by atomic mass is 16.5. The van der Waals surface area contributed by atoms with Crippen molar-refractivity contribution in [3.8, 4) is 24.2 Å². The van der Waals surface area contributed by atoms with Gasteiger partial charge >= 0.3 is 0 Å². The number of hydrogen-bond donors (Lipinski definition) is 1. The molecule has 3 heteroatoms. The second kappa shape index (κ2) is 5.94. The molecule has 0 radical (unpaired) electrons. The molecule has 0 amide bonds. The molecule has 1 N–H and O–H groups in total. The third-order valence-electron chi connectivity index (χ3n) is 2.30. The van der Waals surface area contributed by atoms with E-state index < -0.39 is 0 Å². The summed E-state index contributed by atoms with van der Waals surface area (Å²) in [6, 6.07) is 9.54. The lowest BCUT2D eigenvalue weighted by atomic mass is 10.1. The van der Waals surface area contributed by atoms with Gasteiger partial charge < -0.3 is 4.74 Å². The first-order chi connectivity index (χ1) is 8.07. The van der Waals surface area contributed by atoms with E-state index in [0.29, 0.717) is 12.3 Å². The summed E-state index contributed by atoms with van der Waals surface area (Å²) in [5.41, 5.74) is 0.743. The van der Waals surface area contributed by atoms with E-state index >= 15 is 0 Å². The van der Waals surface area contributed by atoms with Crippen molar-refractivity contribution in [3.63, 3.8) is 0 Å². The summed E-state index contributed by atoms with van der Waals surface area (Å²) >= 11 is 0. The van der Waals surface area contributed by atoms with E-state index in [9.17, 15) is 0 Å². The molecule has 0 aliphatic rings. The van der Waals surface area contributed by atoms with Crippen LogP contribution in [0, 0.1) is 23.7 Å². The maximum Gasteiger partial charge on any atom is 0.174 e. The fourth-order valence-electron chi connectivity index (χ4n) is 1.23. The first kappa shape index (κ1) is 13.1. The van der Waals surface area contributed by atoms with Crippen LogP contribution >= 0.6 is 0 Å². The van der Waals surface area contributed by atoms with Gasteiger partial charge in [0.1, 0.15) is 11.8 Å². The number of ether oxygens (including phenoxy) is 1. The molecular formula is C14H16N2O. The summed E-state index contributed by atoms with van der Waals surface area (Å²) in [6.07, 6.45) is 5.39. The van der Waals surface area contributed by atoms with Crippen LogP contribution in [0.15, 0.2) is 24.3 Å². The zero-order valence-electron chi connectivity index (χ0n) is 10.2. The van der Waals surface area contributed by atoms with Crippen molar-refractivity contribution in [1.82, 2.24) is 5.32 Å². The Kier molecular flexibility index (Phi) is 4.57. The van der Waals surface area contributed by atoms with Crippen LogP contribution in [0.1, 0.15) is 19.4 Å². The van der Waals surface area contributed by atoms with E-state index in [4.69, 9.17) is 16.4 Å². The highest BCUT2D eigenvalue weighted by molar-refractivity contribution is 5.29. The summed E-state index contributed by atoms with van der Waals surface area (Å²) in [4.78, 5) is 0. The largest absolute Gasteiger partial charge is 0.479 e. The van der Waals surface area contributed by atoms with Gasteiger partial charge in [-0.15, -0.1) is 6.42 Å². The van der Waals surface area contributed by atoms with Gasteiger partial charge in [-0.25, -0.2) is 0 Å². The molecule has 0 aromatic heterocycles. The molecule has 1 rings (SSSR count). The summed E-state index contributed by atoms with van der Waals surface area (Å²) < 4.78 is 5.22. The fourth-order valence-corrected chi connectivity index (χ4v) is 1.23. The molecule has 17 heavy (non-hydrogen) atoms. The monoisotopic (exact) mass is 228 g/mol. The third kappa shape index (κ3) is 4.59. The average molecular weight is 228 g/mol. The van der Waals surface area contributed by atoms with E-state index in [-0.39, 0.29) is 12.1 Å². The fraction of sp³-hybridized carbons (Fsp3) is 0.357. The van der Waals surface area contributed by atoms with Crippen molar-refractivity contribution in [2.75, 3.05) is 6.61 Å². The number of nitrogens with one attached hydrogen (secondary N) is 1. The number of terminal acetylenes is 1. The van der Waals surface area contributed by atoms with Crippen molar-refractivity contribution in [2.24, 2.45) is 0 Å². The first-order valence-corrected chi connectivity index (χ1v) is 5.39. The van der Waals surface area contributed by atoms with Gasteiger partial charge in [-0.1, -0.05) is 18.1 Å². The molecule has 1 aromatic rings. The molecular weight excluding hydrogens is 212 g/mol. The second-order valence-electron chi connectivity index (χ2n) is 4.22. The lowest BCUT2D eigenvalue weighted by Crippen LogP contribution is -2.36. The predicted molar refractivity (Wildman–Crippen MR) is 67.3 cm³/mol. The molecule has 3 nitrogen and oxygen atoms in total. The Morgan fingerprint density at radius 3 is 2.88 bits per heavy atom. The Labute approximate surface area is 102 Å². The van der Waals surface area contributed by atoms with Gasteiger partial charge in [-0.2, -0.15) is 5.26 Å². The lowest BCUT2D eigenvalue weighted by molar-refractivity contribution is 0.367. The topological polar surface area (TPSA) is 45.0 Å². The van der Waals surface area contributed by atoms with Crippen molar-refractivity contribution in [2.45, 2.75) is 25.9 Å². The molecule has 88 valence electrons. The Bertz CT molecular complexity index is 452. The number of rotatable bonds is 5. The molecule has 0 saturated heterocycles. The van der Waals surface area contributed by atoms with E-state index in [1.807, 2.05) is 44.2 Å². The normalized spacial score (nSPS) is 10.4. The SMILES string of the molecule is C#CC(C)(C)NCc1cccc(OCC#N)c1. The third-order valence-corrected chi connectivity index (χ3v) is 2.30. The number of hydrogen-bond acceptors (Lipinski definition) is 3. The predicted octanol–water partition coefficient (Wildman–Crippen LogP) is 2.09. The van der Waals surface area contributed by atoms with Crippen LogP contribution in [0.5, 0.6) is 5.75 Å². The molecule has 0 aliphatic carbocycles. The minimum absolute atomic E-state index is 0.0622. The maximum absolute atomic E-state index is 8.43. The van der Waals surface area contributed by atoms with E-state index in [0.717, 1.165) is 5.56 Å². The molecule has 0 unspecified atom stereocenters. The second-order valence-corrected chi connectivity index (χ2v) is 4.22. The van der Waals surface area contributed by atoms with Crippen LogP contribution in [-0.4, -0.2) is 12.1 Å². The Morgan fingerprint density at radius 2 is 2.24 bits per heavy atom. The Morgan fingerprint density at radius 1 is 1.47 bits per heavy atom.